The van der Waals surface area contributed by atoms with Crippen LogP contribution in [-0.2, 0) is 9.12 Å². The third-order valence-electron chi connectivity index (χ3n) is 3.13. The van der Waals surface area contributed by atoms with Crippen molar-refractivity contribution in [2.45, 2.75) is 16.1 Å². The number of carbonyl (C=O) groups is 1. The summed E-state index contributed by atoms with van der Waals surface area (Å²) in [5.41, 5.74) is 1.70. The summed E-state index contributed by atoms with van der Waals surface area (Å²) in [5.74, 6) is 0.135. The van der Waals surface area contributed by atoms with E-state index in [0.29, 0.717) is 5.88 Å². The molecule has 1 aromatic heterocycles. The van der Waals surface area contributed by atoms with Crippen LogP contribution < -0.4 is 4.74 Å². The number of benzene rings is 1. The lowest BCUT2D eigenvalue weighted by Gasteiger charge is -2.31. The molecule has 0 saturated heterocycles. The van der Waals surface area contributed by atoms with Crippen LogP contribution in [0.4, 0.5) is 0 Å². The monoisotopic (exact) mass is 384 g/mol. The second kappa shape index (κ2) is 4.45. The average molecular weight is 386 g/mol. The Hall–Kier alpha value is -1.14. The van der Waals surface area contributed by atoms with Crippen molar-refractivity contribution in [1.82, 2.24) is 9.78 Å². The van der Waals surface area contributed by atoms with Crippen molar-refractivity contribution >= 4 is 37.8 Å². The first-order valence-electron chi connectivity index (χ1n) is 5.70. The molecular weight excluding hydrogens is 376 g/mol. The maximum Gasteiger partial charge on any atom is 0.328 e. The maximum absolute atomic E-state index is 11.9. The van der Waals surface area contributed by atoms with Gasteiger partial charge in [-0.15, -0.1) is 0 Å². The van der Waals surface area contributed by atoms with E-state index in [9.17, 15) is 4.79 Å². The van der Waals surface area contributed by atoms with Crippen LogP contribution in [0.2, 0.25) is 0 Å². The van der Waals surface area contributed by atoms with Crippen molar-refractivity contribution < 1.29 is 9.53 Å². The molecule has 0 amide bonds. The number of aromatic nitrogens is 2. The number of carbonyl (C=O) groups excluding carboxylic acids is 1. The van der Waals surface area contributed by atoms with Crippen molar-refractivity contribution in [3.05, 3.63) is 42.1 Å². The van der Waals surface area contributed by atoms with E-state index in [1.807, 2.05) is 37.3 Å². The van der Waals surface area contributed by atoms with Gasteiger partial charge < -0.3 is 4.74 Å². The molecule has 1 aliphatic heterocycles. The molecule has 1 aliphatic rings. The first-order valence-corrected chi connectivity index (χ1v) is 7.41. The van der Waals surface area contributed by atoms with E-state index in [1.54, 1.807) is 10.9 Å². The number of rotatable bonds is 1. The zero-order chi connectivity index (χ0) is 13.6. The zero-order valence-corrected chi connectivity index (χ0v) is 13.2. The van der Waals surface area contributed by atoms with Crippen LogP contribution >= 0.6 is 31.9 Å². The van der Waals surface area contributed by atoms with E-state index in [0.717, 1.165) is 11.3 Å². The van der Waals surface area contributed by atoms with Gasteiger partial charge in [-0.05, 0) is 19.1 Å². The van der Waals surface area contributed by atoms with Gasteiger partial charge in [0, 0.05) is 0 Å². The highest BCUT2D eigenvalue weighted by atomic mass is 79.9. The van der Waals surface area contributed by atoms with E-state index in [2.05, 4.69) is 37.0 Å². The molecule has 0 radical (unpaired) electrons. The van der Waals surface area contributed by atoms with Crippen LogP contribution in [0, 0.1) is 0 Å². The number of hydrogen-bond donors (Lipinski definition) is 0. The SMILES string of the molecule is CC1(Br)c2cnn(-c3ccccc3)c2OC(=O)C1Br. The molecule has 2 heterocycles. The molecule has 0 aliphatic carbocycles. The normalized spacial score (nSPS) is 25.8. The van der Waals surface area contributed by atoms with Crippen molar-refractivity contribution in [3.8, 4) is 11.6 Å². The average Bonchev–Trinajstić information content (AvgIpc) is 2.82. The molecule has 98 valence electrons. The predicted molar refractivity (Wildman–Crippen MR) is 78.2 cm³/mol. The highest BCUT2D eigenvalue weighted by Crippen LogP contribution is 2.47. The van der Waals surface area contributed by atoms with Gasteiger partial charge in [0.05, 0.1) is 21.8 Å². The third-order valence-corrected chi connectivity index (χ3v) is 5.92. The molecule has 2 unspecified atom stereocenters. The van der Waals surface area contributed by atoms with Gasteiger partial charge in [-0.3, -0.25) is 4.79 Å². The topological polar surface area (TPSA) is 44.1 Å². The number of fused-ring (bicyclic) bond motifs is 1. The van der Waals surface area contributed by atoms with Crippen LogP contribution in [-0.4, -0.2) is 20.6 Å². The molecule has 0 saturated carbocycles. The van der Waals surface area contributed by atoms with Crippen molar-refractivity contribution in [1.29, 1.82) is 0 Å². The molecular formula is C13H10Br2N2O2. The Kier molecular flexibility index (Phi) is 3.02. The zero-order valence-electron chi connectivity index (χ0n) is 10.0. The number of para-hydroxylation sites is 1. The molecule has 0 spiro atoms. The van der Waals surface area contributed by atoms with Gasteiger partial charge >= 0.3 is 5.97 Å². The summed E-state index contributed by atoms with van der Waals surface area (Å²) in [6.45, 7) is 1.92. The fraction of sp³-hybridized carbons (Fsp3) is 0.231. The summed E-state index contributed by atoms with van der Waals surface area (Å²) in [6.07, 6.45) is 1.72. The Morgan fingerprint density at radius 3 is 2.74 bits per heavy atom. The number of esters is 1. The summed E-state index contributed by atoms with van der Waals surface area (Å²) < 4.78 is 6.48. The summed E-state index contributed by atoms with van der Waals surface area (Å²) in [4.78, 5) is 11.5. The lowest BCUT2D eigenvalue weighted by Crippen LogP contribution is -2.40. The number of nitrogens with zero attached hydrogens (tertiary/aromatic N) is 2. The molecule has 0 fully saturated rings. The van der Waals surface area contributed by atoms with Crippen molar-refractivity contribution in [2.24, 2.45) is 0 Å². The second-order valence-corrected chi connectivity index (χ2v) is 7.03. The molecule has 0 bridgehead atoms. The Morgan fingerprint density at radius 2 is 2.05 bits per heavy atom. The Labute approximate surface area is 127 Å². The number of alkyl halides is 2. The van der Waals surface area contributed by atoms with Crippen LogP contribution in [0.5, 0.6) is 5.88 Å². The van der Waals surface area contributed by atoms with Crippen LogP contribution in [0.15, 0.2) is 36.5 Å². The molecule has 2 atom stereocenters. The maximum atomic E-state index is 11.9. The van der Waals surface area contributed by atoms with Gasteiger partial charge in [0.15, 0.2) is 0 Å². The Bertz CT molecular complexity index is 637. The van der Waals surface area contributed by atoms with E-state index < -0.39 is 9.15 Å². The largest absolute Gasteiger partial charge is 0.406 e. The summed E-state index contributed by atoms with van der Waals surface area (Å²) in [7, 11) is 0. The third kappa shape index (κ3) is 1.94. The quantitative estimate of drug-likeness (QED) is 0.559. The van der Waals surface area contributed by atoms with Gasteiger partial charge in [-0.2, -0.15) is 5.10 Å². The number of hydrogen-bond acceptors (Lipinski definition) is 3. The van der Waals surface area contributed by atoms with Crippen molar-refractivity contribution in [2.75, 3.05) is 0 Å². The smallest absolute Gasteiger partial charge is 0.328 e. The fourth-order valence-electron chi connectivity index (χ4n) is 2.03. The Morgan fingerprint density at radius 1 is 1.37 bits per heavy atom. The van der Waals surface area contributed by atoms with E-state index in [1.165, 1.54) is 0 Å². The molecule has 6 heteroatoms. The first-order chi connectivity index (χ1) is 9.01. The molecule has 19 heavy (non-hydrogen) atoms. The fourth-order valence-corrected chi connectivity index (χ4v) is 2.83. The van der Waals surface area contributed by atoms with E-state index >= 15 is 0 Å². The van der Waals surface area contributed by atoms with Crippen molar-refractivity contribution in [3.63, 3.8) is 0 Å². The van der Waals surface area contributed by atoms with Gasteiger partial charge in [-0.1, -0.05) is 50.1 Å². The minimum Gasteiger partial charge on any atom is -0.406 e. The number of halogens is 2. The highest BCUT2D eigenvalue weighted by molar-refractivity contribution is 9.12. The molecule has 2 aromatic rings. The summed E-state index contributed by atoms with van der Waals surface area (Å²) in [5, 5.41) is 4.32. The molecule has 3 rings (SSSR count). The van der Waals surface area contributed by atoms with E-state index in [-0.39, 0.29) is 5.97 Å². The van der Waals surface area contributed by atoms with E-state index in [4.69, 9.17) is 4.74 Å². The lowest BCUT2D eigenvalue weighted by molar-refractivity contribution is -0.135. The summed E-state index contributed by atoms with van der Waals surface area (Å²) in [6, 6.07) is 9.57. The van der Waals surface area contributed by atoms with Crippen LogP contribution in [0.3, 0.4) is 0 Å². The highest BCUT2D eigenvalue weighted by Gasteiger charge is 2.46. The minimum atomic E-state index is -0.537. The van der Waals surface area contributed by atoms with Crippen LogP contribution in [0.25, 0.3) is 5.69 Å². The van der Waals surface area contributed by atoms with Gasteiger partial charge in [0.1, 0.15) is 4.83 Å². The molecule has 4 nitrogen and oxygen atoms in total. The summed E-state index contributed by atoms with van der Waals surface area (Å²) >= 11 is 6.93. The molecule has 1 aromatic carbocycles. The standard InChI is InChI=1S/C13H10Br2N2O2/c1-13(15)9-7-16-17(8-5-3-2-4-6-8)11(9)19-12(18)10(13)14/h2-7,10H,1H3. The van der Waals surface area contributed by atoms with Gasteiger partial charge in [-0.25, -0.2) is 4.68 Å². The minimum absolute atomic E-state index is 0.329. The van der Waals surface area contributed by atoms with Gasteiger partial charge in [0.25, 0.3) is 0 Å². The molecule has 0 N–H and O–H groups in total. The van der Waals surface area contributed by atoms with Gasteiger partial charge in [0.2, 0.25) is 5.88 Å². The number of ether oxygens (including phenoxy) is 1. The second-order valence-electron chi connectivity index (χ2n) is 4.47. The lowest BCUT2D eigenvalue weighted by atomic mass is 9.98. The van der Waals surface area contributed by atoms with Crippen LogP contribution in [0.1, 0.15) is 12.5 Å². The first kappa shape index (κ1) is 12.9. The predicted octanol–water partition coefficient (Wildman–Crippen LogP) is 3.16. The Balaban J connectivity index is 2.17.